The molecule has 1 aliphatic rings. The Morgan fingerprint density at radius 2 is 1.68 bits per heavy atom. The third kappa shape index (κ3) is 3.88. The standard InChI is InChI=1S/C23H20N2O3/c26-22-16-28-21-12-5-4-11-20(21)25(22)15-18-9-6-10-19(13-18)23(27)24-14-17-7-2-1-3-8-17/h1-13H,14-16H2,(H,24,27). The van der Waals surface area contributed by atoms with Gasteiger partial charge in [-0.1, -0.05) is 54.6 Å². The van der Waals surface area contributed by atoms with E-state index in [1.807, 2.05) is 72.8 Å². The van der Waals surface area contributed by atoms with E-state index in [1.165, 1.54) is 0 Å². The highest BCUT2D eigenvalue weighted by Gasteiger charge is 2.25. The SMILES string of the molecule is O=C(NCc1ccccc1)c1cccc(CN2C(=O)COc3ccccc32)c1. The summed E-state index contributed by atoms with van der Waals surface area (Å²) in [5.74, 6) is 0.455. The van der Waals surface area contributed by atoms with Gasteiger partial charge in [-0.15, -0.1) is 0 Å². The maximum Gasteiger partial charge on any atom is 0.265 e. The molecule has 1 N–H and O–H groups in total. The van der Waals surface area contributed by atoms with E-state index in [9.17, 15) is 9.59 Å². The van der Waals surface area contributed by atoms with Crippen LogP contribution in [0.3, 0.4) is 0 Å². The van der Waals surface area contributed by atoms with Crippen LogP contribution in [0.4, 0.5) is 5.69 Å². The average Bonchev–Trinajstić information content (AvgIpc) is 2.75. The summed E-state index contributed by atoms with van der Waals surface area (Å²) in [6.07, 6.45) is 0. The molecule has 0 unspecified atom stereocenters. The Balaban J connectivity index is 1.48. The molecule has 3 aromatic rings. The van der Waals surface area contributed by atoms with Gasteiger partial charge in [0.1, 0.15) is 5.75 Å². The number of nitrogens with one attached hydrogen (secondary N) is 1. The van der Waals surface area contributed by atoms with Crippen LogP contribution in [0.15, 0.2) is 78.9 Å². The molecule has 0 fully saturated rings. The number of ether oxygens (including phenoxy) is 1. The maximum absolute atomic E-state index is 12.5. The first-order chi connectivity index (χ1) is 13.7. The predicted octanol–water partition coefficient (Wildman–Crippen LogP) is 3.54. The highest BCUT2D eigenvalue weighted by molar-refractivity contribution is 5.98. The van der Waals surface area contributed by atoms with Crippen LogP contribution in [0.1, 0.15) is 21.5 Å². The van der Waals surface area contributed by atoms with Crippen molar-refractivity contribution in [1.29, 1.82) is 0 Å². The first-order valence-electron chi connectivity index (χ1n) is 9.14. The van der Waals surface area contributed by atoms with Crippen LogP contribution >= 0.6 is 0 Å². The Bertz CT molecular complexity index is 1000. The van der Waals surface area contributed by atoms with Crippen molar-refractivity contribution >= 4 is 17.5 Å². The molecular formula is C23H20N2O3. The molecule has 28 heavy (non-hydrogen) atoms. The highest BCUT2D eigenvalue weighted by Crippen LogP contribution is 2.32. The van der Waals surface area contributed by atoms with E-state index in [1.54, 1.807) is 11.0 Å². The molecule has 140 valence electrons. The number of carbonyl (C=O) groups excluding carboxylic acids is 2. The summed E-state index contributed by atoms with van der Waals surface area (Å²) in [6, 6.07) is 24.6. The zero-order chi connectivity index (χ0) is 19.3. The Morgan fingerprint density at radius 3 is 2.54 bits per heavy atom. The number of nitrogens with zero attached hydrogens (tertiary/aromatic N) is 1. The van der Waals surface area contributed by atoms with E-state index in [4.69, 9.17) is 4.74 Å². The molecule has 0 bridgehead atoms. The van der Waals surface area contributed by atoms with Gasteiger partial charge in [0.05, 0.1) is 12.2 Å². The third-order valence-corrected chi connectivity index (χ3v) is 4.63. The predicted molar refractivity (Wildman–Crippen MR) is 107 cm³/mol. The van der Waals surface area contributed by atoms with Gasteiger partial charge >= 0.3 is 0 Å². The largest absolute Gasteiger partial charge is 0.482 e. The van der Waals surface area contributed by atoms with Gasteiger partial charge in [-0.2, -0.15) is 0 Å². The molecule has 0 saturated heterocycles. The molecule has 3 aromatic carbocycles. The van der Waals surface area contributed by atoms with Crippen molar-refractivity contribution in [2.24, 2.45) is 0 Å². The highest BCUT2D eigenvalue weighted by atomic mass is 16.5. The Labute approximate surface area is 163 Å². The van der Waals surface area contributed by atoms with Gasteiger partial charge in [0.15, 0.2) is 6.61 Å². The smallest absolute Gasteiger partial charge is 0.265 e. The zero-order valence-corrected chi connectivity index (χ0v) is 15.3. The molecule has 1 heterocycles. The van der Waals surface area contributed by atoms with Gasteiger partial charge in [0.25, 0.3) is 11.8 Å². The third-order valence-electron chi connectivity index (χ3n) is 4.63. The summed E-state index contributed by atoms with van der Waals surface area (Å²) < 4.78 is 5.48. The minimum atomic E-state index is -0.139. The number of benzene rings is 3. The number of para-hydroxylation sites is 2. The topological polar surface area (TPSA) is 58.6 Å². The van der Waals surface area contributed by atoms with Crippen molar-refractivity contribution in [3.8, 4) is 5.75 Å². The number of carbonyl (C=O) groups is 2. The first-order valence-corrected chi connectivity index (χ1v) is 9.14. The van der Waals surface area contributed by atoms with Crippen LogP contribution in [-0.2, 0) is 17.9 Å². The molecule has 1 aliphatic heterocycles. The van der Waals surface area contributed by atoms with Crippen LogP contribution in [0.2, 0.25) is 0 Å². The summed E-state index contributed by atoms with van der Waals surface area (Å²) >= 11 is 0. The van der Waals surface area contributed by atoms with Crippen molar-refractivity contribution in [3.63, 3.8) is 0 Å². The maximum atomic E-state index is 12.5. The molecule has 5 heteroatoms. The molecule has 0 saturated carbocycles. The molecule has 0 atom stereocenters. The van der Waals surface area contributed by atoms with E-state index in [0.29, 0.717) is 24.4 Å². The second-order valence-electron chi connectivity index (χ2n) is 6.60. The van der Waals surface area contributed by atoms with Crippen LogP contribution < -0.4 is 15.0 Å². The quantitative estimate of drug-likeness (QED) is 0.745. The fraction of sp³-hybridized carbons (Fsp3) is 0.130. The Kier molecular flexibility index (Phi) is 5.06. The molecule has 0 spiro atoms. The fourth-order valence-corrected chi connectivity index (χ4v) is 3.20. The van der Waals surface area contributed by atoms with E-state index >= 15 is 0 Å². The lowest BCUT2D eigenvalue weighted by molar-refractivity contribution is -0.121. The van der Waals surface area contributed by atoms with Crippen LogP contribution in [0.25, 0.3) is 0 Å². The fourth-order valence-electron chi connectivity index (χ4n) is 3.20. The van der Waals surface area contributed by atoms with Crippen molar-refractivity contribution in [2.75, 3.05) is 11.5 Å². The molecule has 5 nitrogen and oxygen atoms in total. The summed E-state index contributed by atoms with van der Waals surface area (Å²) in [5.41, 5.74) is 3.25. The second-order valence-corrected chi connectivity index (χ2v) is 6.60. The van der Waals surface area contributed by atoms with Gasteiger partial charge in [-0.3, -0.25) is 9.59 Å². The summed E-state index contributed by atoms with van der Waals surface area (Å²) in [7, 11) is 0. The van der Waals surface area contributed by atoms with Crippen molar-refractivity contribution in [2.45, 2.75) is 13.1 Å². The van der Waals surface area contributed by atoms with Gasteiger partial charge in [0, 0.05) is 12.1 Å². The lowest BCUT2D eigenvalue weighted by Gasteiger charge is -2.29. The Morgan fingerprint density at radius 1 is 0.929 bits per heavy atom. The number of anilines is 1. The van der Waals surface area contributed by atoms with Gasteiger partial charge in [-0.05, 0) is 35.4 Å². The van der Waals surface area contributed by atoms with Crippen LogP contribution in [0, 0.1) is 0 Å². The number of hydrogen-bond acceptors (Lipinski definition) is 3. The monoisotopic (exact) mass is 372 g/mol. The van der Waals surface area contributed by atoms with E-state index < -0.39 is 0 Å². The lowest BCUT2D eigenvalue weighted by atomic mass is 10.1. The molecule has 0 aliphatic carbocycles. The molecule has 0 radical (unpaired) electrons. The van der Waals surface area contributed by atoms with Gasteiger partial charge in [0.2, 0.25) is 0 Å². The van der Waals surface area contributed by atoms with E-state index in [-0.39, 0.29) is 18.4 Å². The minimum absolute atomic E-state index is 0.0221. The average molecular weight is 372 g/mol. The zero-order valence-electron chi connectivity index (χ0n) is 15.3. The van der Waals surface area contributed by atoms with Crippen molar-refractivity contribution in [3.05, 3.63) is 95.6 Å². The molecular weight excluding hydrogens is 352 g/mol. The van der Waals surface area contributed by atoms with Crippen LogP contribution in [-0.4, -0.2) is 18.4 Å². The molecule has 0 aromatic heterocycles. The first kappa shape index (κ1) is 17.8. The summed E-state index contributed by atoms with van der Waals surface area (Å²) in [4.78, 5) is 26.6. The normalized spacial score (nSPS) is 12.9. The van der Waals surface area contributed by atoms with Gasteiger partial charge < -0.3 is 15.0 Å². The summed E-state index contributed by atoms with van der Waals surface area (Å²) in [5, 5.41) is 2.93. The van der Waals surface area contributed by atoms with Crippen LogP contribution in [0.5, 0.6) is 5.75 Å². The number of rotatable bonds is 5. The van der Waals surface area contributed by atoms with Crippen molar-refractivity contribution in [1.82, 2.24) is 5.32 Å². The van der Waals surface area contributed by atoms with E-state index in [2.05, 4.69) is 5.32 Å². The number of fused-ring (bicyclic) bond motifs is 1. The molecule has 2 amide bonds. The second kappa shape index (κ2) is 7.96. The minimum Gasteiger partial charge on any atom is -0.482 e. The molecule has 4 rings (SSSR count). The number of amides is 2. The lowest BCUT2D eigenvalue weighted by Crippen LogP contribution is -2.38. The van der Waals surface area contributed by atoms with Gasteiger partial charge in [-0.25, -0.2) is 0 Å². The Hall–Kier alpha value is -3.60. The van der Waals surface area contributed by atoms with E-state index in [0.717, 1.165) is 16.8 Å². The number of hydrogen-bond donors (Lipinski definition) is 1. The van der Waals surface area contributed by atoms with Crippen molar-refractivity contribution < 1.29 is 14.3 Å². The summed E-state index contributed by atoms with van der Waals surface area (Å²) in [6.45, 7) is 0.881.